The number of carboxylic acid groups (broad SMARTS) is 1. The molecule has 0 aromatic rings. The van der Waals surface area contributed by atoms with E-state index in [1.165, 1.54) is 6.08 Å². The summed E-state index contributed by atoms with van der Waals surface area (Å²) in [6.07, 6.45) is 7.89. The fourth-order valence-corrected chi connectivity index (χ4v) is 10.4. The van der Waals surface area contributed by atoms with Gasteiger partial charge in [0, 0.05) is 23.2 Å². The number of nitrogens with one attached hydrogen (secondary N) is 1. The Balaban J connectivity index is 1.64. The van der Waals surface area contributed by atoms with Crippen LogP contribution in [0.15, 0.2) is 23.8 Å². The summed E-state index contributed by atoms with van der Waals surface area (Å²) in [5.41, 5.74) is -4.33. The predicted molar refractivity (Wildman–Crippen MR) is 160 cm³/mol. The van der Waals surface area contributed by atoms with Crippen LogP contribution in [0.2, 0.25) is 0 Å². The fraction of sp³-hybridized carbons (Fsp3) is 0.743. The van der Waals surface area contributed by atoms with Crippen LogP contribution in [-0.2, 0) is 19.1 Å². The van der Waals surface area contributed by atoms with Crippen LogP contribution in [0, 0.1) is 62.1 Å². The highest BCUT2D eigenvalue weighted by Crippen LogP contribution is 2.74. The molecule has 8 heteroatoms. The minimum atomic E-state index is -1.24. The first-order valence-electron chi connectivity index (χ1n) is 15.8. The van der Waals surface area contributed by atoms with Gasteiger partial charge in [-0.2, -0.15) is 5.26 Å². The lowest BCUT2D eigenvalue weighted by molar-refractivity contribution is -0.195. The zero-order chi connectivity index (χ0) is 32.2. The molecule has 234 valence electrons. The van der Waals surface area contributed by atoms with Gasteiger partial charge in [0.1, 0.15) is 11.1 Å². The summed E-state index contributed by atoms with van der Waals surface area (Å²) in [4.78, 5) is 54.0. The van der Waals surface area contributed by atoms with Crippen molar-refractivity contribution in [2.75, 3.05) is 0 Å². The van der Waals surface area contributed by atoms with Gasteiger partial charge in [-0.3, -0.25) is 14.4 Å². The summed E-state index contributed by atoms with van der Waals surface area (Å²) in [7, 11) is 0. The van der Waals surface area contributed by atoms with Crippen LogP contribution in [0.25, 0.3) is 0 Å². The predicted octanol–water partition coefficient (Wildman–Crippen LogP) is 6.40. The molecule has 3 fully saturated rings. The van der Waals surface area contributed by atoms with E-state index in [1.54, 1.807) is 33.8 Å². The standard InChI is InChI=1S/C35H48N2O6/c1-29(2,3)43-28(42)37-34(9)22-10-13-32(7)23(31(22,6)12-11-24(34)39)18-21(38)26-25-20(19-36)30(4,5)14-16-35(25,27(40)41)17-15-33(26,32)8/h11-12,18,20,22,25-26H,10,13-17H2,1-9H3,(H,37,42)(H,40,41)/t20?,22-,25+,26-,31+,32-,33-,34+,35+/m1/s1. The second kappa shape index (κ2) is 9.28. The Morgan fingerprint density at radius 3 is 2.23 bits per heavy atom. The van der Waals surface area contributed by atoms with Crippen molar-refractivity contribution < 1.29 is 29.0 Å². The lowest BCUT2D eigenvalue weighted by Crippen LogP contribution is -2.69. The van der Waals surface area contributed by atoms with E-state index >= 15 is 0 Å². The number of nitriles is 1. The van der Waals surface area contributed by atoms with E-state index in [4.69, 9.17) is 4.74 Å². The van der Waals surface area contributed by atoms with E-state index in [0.29, 0.717) is 38.5 Å². The van der Waals surface area contributed by atoms with Crippen molar-refractivity contribution >= 4 is 23.6 Å². The second-order valence-corrected chi connectivity index (χ2v) is 16.7. The molecule has 0 radical (unpaired) electrons. The molecule has 5 aliphatic rings. The first-order chi connectivity index (χ1) is 19.6. The molecule has 9 atom stereocenters. The maximum atomic E-state index is 14.5. The van der Waals surface area contributed by atoms with E-state index in [-0.39, 0.29) is 17.5 Å². The highest BCUT2D eigenvalue weighted by molar-refractivity contribution is 6.02. The Morgan fingerprint density at radius 1 is 1.02 bits per heavy atom. The number of hydrogen-bond donors (Lipinski definition) is 2. The molecule has 3 saturated carbocycles. The van der Waals surface area contributed by atoms with Crippen LogP contribution in [-0.4, -0.2) is 39.9 Å². The molecule has 0 bridgehead atoms. The molecule has 8 nitrogen and oxygen atoms in total. The molecular formula is C35H48N2O6. The van der Waals surface area contributed by atoms with Gasteiger partial charge in [0.15, 0.2) is 11.6 Å². The van der Waals surface area contributed by atoms with Gasteiger partial charge in [-0.25, -0.2) is 4.79 Å². The second-order valence-electron chi connectivity index (χ2n) is 16.7. The number of carbonyl (C=O) groups is 4. The number of nitrogens with zero attached hydrogens (tertiary/aromatic N) is 1. The van der Waals surface area contributed by atoms with Crippen molar-refractivity contribution in [3.63, 3.8) is 0 Å². The molecular weight excluding hydrogens is 544 g/mol. The average Bonchev–Trinajstić information content (AvgIpc) is 2.86. The zero-order valence-electron chi connectivity index (χ0n) is 27.2. The third-order valence-corrected chi connectivity index (χ3v) is 13.0. The number of alkyl carbamates (subject to hydrolysis) is 1. The van der Waals surface area contributed by atoms with Gasteiger partial charge in [-0.15, -0.1) is 0 Å². The van der Waals surface area contributed by atoms with E-state index in [2.05, 4.69) is 32.2 Å². The van der Waals surface area contributed by atoms with Gasteiger partial charge in [0.05, 0.1) is 17.4 Å². The van der Waals surface area contributed by atoms with Gasteiger partial charge in [0.25, 0.3) is 0 Å². The number of ketones is 2. The minimum Gasteiger partial charge on any atom is -0.481 e. The lowest BCUT2D eigenvalue weighted by Gasteiger charge is -2.69. The van der Waals surface area contributed by atoms with Crippen LogP contribution in [0.4, 0.5) is 4.79 Å². The first kappa shape index (κ1) is 31.5. The number of aliphatic carboxylic acids is 1. The molecule has 0 heterocycles. The normalized spacial score (nSPS) is 44.9. The Hall–Kier alpha value is -2.95. The number of carboxylic acids is 1. The highest BCUT2D eigenvalue weighted by Gasteiger charge is 2.72. The largest absolute Gasteiger partial charge is 0.481 e. The number of allylic oxidation sites excluding steroid dienone is 3. The van der Waals surface area contributed by atoms with Gasteiger partial charge >= 0.3 is 12.1 Å². The number of ether oxygens (including phenoxy) is 1. The van der Waals surface area contributed by atoms with Crippen LogP contribution in [0.1, 0.15) is 101 Å². The van der Waals surface area contributed by atoms with Gasteiger partial charge < -0.3 is 15.2 Å². The summed E-state index contributed by atoms with van der Waals surface area (Å²) in [5, 5.41) is 24.1. The van der Waals surface area contributed by atoms with Crippen molar-refractivity contribution in [3.8, 4) is 6.07 Å². The van der Waals surface area contributed by atoms with Crippen LogP contribution in [0.3, 0.4) is 0 Å². The number of amides is 1. The molecule has 0 aromatic heterocycles. The van der Waals surface area contributed by atoms with Gasteiger partial charge in [-0.05, 0) is 94.6 Å². The molecule has 1 unspecified atom stereocenters. The van der Waals surface area contributed by atoms with E-state index in [9.17, 15) is 29.5 Å². The number of fused-ring (bicyclic) bond motifs is 7. The molecule has 43 heavy (non-hydrogen) atoms. The maximum absolute atomic E-state index is 14.5. The lowest BCUT2D eigenvalue weighted by atomic mass is 9.33. The summed E-state index contributed by atoms with van der Waals surface area (Å²) in [5.74, 6) is -3.29. The SMILES string of the molecule is CC(C)(C)OC(=O)N[C@]1(C)C(=O)C=C[C@]2(C)C3=CC(=O)[C@@H]4[C@@H]5C(C#N)C(C)(C)CC[C@]5(C(=O)O)CC[C@@]4(C)[C@]3(C)CC[C@H]21. The van der Waals surface area contributed by atoms with E-state index < -0.39 is 68.0 Å². The summed E-state index contributed by atoms with van der Waals surface area (Å²) in [6.45, 7) is 17.5. The van der Waals surface area contributed by atoms with Crippen molar-refractivity contribution in [2.24, 2.45) is 50.7 Å². The minimum absolute atomic E-state index is 0.114. The molecule has 0 aliphatic heterocycles. The molecule has 2 N–H and O–H groups in total. The zero-order valence-corrected chi connectivity index (χ0v) is 27.2. The van der Waals surface area contributed by atoms with Gasteiger partial charge in [0.2, 0.25) is 0 Å². The Morgan fingerprint density at radius 2 is 1.65 bits per heavy atom. The Labute approximate surface area is 255 Å². The van der Waals surface area contributed by atoms with Crippen LogP contribution < -0.4 is 5.32 Å². The molecule has 5 rings (SSSR count). The molecule has 1 amide bonds. The number of rotatable bonds is 2. The van der Waals surface area contributed by atoms with Crippen LogP contribution >= 0.6 is 0 Å². The third kappa shape index (κ3) is 4.12. The number of carbonyl (C=O) groups excluding carboxylic acids is 3. The molecule has 0 spiro atoms. The quantitative estimate of drug-likeness (QED) is 0.379. The topological polar surface area (TPSA) is 134 Å². The number of hydrogen-bond acceptors (Lipinski definition) is 6. The Bertz CT molecular complexity index is 1400. The summed E-state index contributed by atoms with van der Waals surface area (Å²) in [6, 6.07) is 2.49. The smallest absolute Gasteiger partial charge is 0.408 e. The summed E-state index contributed by atoms with van der Waals surface area (Å²) < 4.78 is 5.54. The van der Waals surface area contributed by atoms with E-state index in [1.807, 2.05) is 19.9 Å². The van der Waals surface area contributed by atoms with E-state index in [0.717, 1.165) is 5.57 Å². The first-order valence-corrected chi connectivity index (χ1v) is 15.8. The fourth-order valence-electron chi connectivity index (χ4n) is 10.4. The van der Waals surface area contributed by atoms with Crippen molar-refractivity contribution in [1.29, 1.82) is 5.26 Å². The molecule has 0 aromatic carbocycles. The highest BCUT2D eigenvalue weighted by atomic mass is 16.6. The van der Waals surface area contributed by atoms with Crippen molar-refractivity contribution in [1.82, 2.24) is 5.32 Å². The molecule has 0 saturated heterocycles. The van der Waals surface area contributed by atoms with Crippen molar-refractivity contribution in [3.05, 3.63) is 23.8 Å². The molecule has 5 aliphatic carbocycles. The van der Waals surface area contributed by atoms with Crippen LogP contribution in [0.5, 0.6) is 0 Å². The summed E-state index contributed by atoms with van der Waals surface area (Å²) >= 11 is 0. The van der Waals surface area contributed by atoms with Crippen molar-refractivity contribution in [2.45, 2.75) is 112 Å². The average molecular weight is 593 g/mol. The van der Waals surface area contributed by atoms with Gasteiger partial charge in [-0.1, -0.05) is 46.3 Å². The monoisotopic (exact) mass is 592 g/mol. The third-order valence-electron chi connectivity index (χ3n) is 13.0. The maximum Gasteiger partial charge on any atom is 0.408 e. The Kier molecular flexibility index (Phi) is 6.79.